The summed E-state index contributed by atoms with van der Waals surface area (Å²) in [5, 5.41) is 13.8. The van der Waals surface area contributed by atoms with Gasteiger partial charge >= 0.3 is 0 Å². The molecule has 118 valence electrons. The van der Waals surface area contributed by atoms with E-state index in [0.29, 0.717) is 17.2 Å². The maximum atomic E-state index is 12.6. The Hall–Kier alpha value is -1.80. The van der Waals surface area contributed by atoms with Gasteiger partial charge in [0, 0.05) is 13.1 Å². The van der Waals surface area contributed by atoms with Crippen LogP contribution in [0, 0.1) is 0 Å². The number of nitrogens with one attached hydrogen (secondary N) is 1. The number of carbonyl (C=O) groups is 1. The van der Waals surface area contributed by atoms with Crippen LogP contribution in [0.15, 0.2) is 12.1 Å². The fourth-order valence-electron chi connectivity index (χ4n) is 2.61. The number of amides is 1. The van der Waals surface area contributed by atoms with Gasteiger partial charge in [-0.05, 0) is 44.0 Å². The number of hydrogen-bond acceptors (Lipinski definition) is 6. The van der Waals surface area contributed by atoms with Crippen LogP contribution >= 0.6 is 11.3 Å². The summed E-state index contributed by atoms with van der Waals surface area (Å²) in [4.78, 5) is 16.0. The average Bonchev–Trinajstić information content (AvgIpc) is 3.17. The summed E-state index contributed by atoms with van der Waals surface area (Å²) in [5.74, 6) is 0.570. The number of hydrogen-bond donors (Lipinski definition) is 1. The molecule has 1 saturated heterocycles. The molecule has 3 rings (SSSR count). The van der Waals surface area contributed by atoms with E-state index in [-0.39, 0.29) is 18.1 Å². The lowest BCUT2D eigenvalue weighted by molar-refractivity contribution is -0.0286. The van der Waals surface area contributed by atoms with E-state index in [2.05, 4.69) is 20.6 Å². The lowest BCUT2D eigenvalue weighted by Gasteiger charge is -2.33. The van der Waals surface area contributed by atoms with Gasteiger partial charge in [-0.1, -0.05) is 0 Å². The number of likely N-dealkylation sites (tertiary alicyclic amines) is 1. The number of aromatic amines is 1. The van der Waals surface area contributed by atoms with Crippen molar-refractivity contribution in [3.8, 4) is 10.7 Å². The molecule has 0 spiro atoms. The van der Waals surface area contributed by atoms with Crippen LogP contribution in [-0.4, -0.2) is 56.7 Å². The molecule has 1 aliphatic heterocycles. The van der Waals surface area contributed by atoms with Crippen molar-refractivity contribution in [2.45, 2.75) is 38.9 Å². The molecule has 3 heterocycles. The van der Waals surface area contributed by atoms with Crippen LogP contribution in [-0.2, 0) is 4.74 Å². The van der Waals surface area contributed by atoms with E-state index in [1.54, 1.807) is 0 Å². The third-order valence-electron chi connectivity index (χ3n) is 3.51. The van der Waals surface area contributed by atoms with Gasteiger partial charge in [0.05, 0.1) is 22.0 Å². The molecule has 0 aliphatic carbocycles. The van der Waals surface area contributed by atoms with Crippen molar-refractivity contribution in [1.82, 2.24) is 25.5 Å². The van der Waals surface area contributed by atoms with Gasteiger partial charge in [0.1, 0.15) is 0 Å². The first-order valence-electron chi connectivity index (χ1n) is 7.42. The molecule has 8 heteroatoms. The molecule has 0 bridgehead atoms. The first kappa shape index (κ1) is 15.1. The van der Waals surface area contributed by atoms with E-state index in [9.17, 15) is 4.79 Å². The van der Waals surface area contributed by atoms with E-state index in [1.807, 2.05) is 30.9 Å². The maximum Gasteiger partial charge on any atom is 0.264 e. The molecule has 2 aromatic rings. The zero-order valence-corrected chi connectivity index (χ0v) is 13.5. The number of piperidine rings is 1. The second kappa shape index (κ2) is 6.53. The van der Waals surface area contributed by atoms with Gasteiger partial charge in [0.15, 0.2) is 0 Å². The third-order valence-corrected chi connectivity index (χ3v) is 4.58. The Morgan fingerprint density at radius 2 is 2.36 bits per heavy atom. The predicted molar refractivity (Wildman–Crippen MR) is 82.6 cm³/mol. The lowest BCUT2D eigenvalue weighted by atomic mass is 10.1. The molecule has 1 fully saturated rings. The summed E-state index contributed by atoms with van der Waals surface area (Å²) in [6.45, 7) is 5.49. The number of nitrogens with zero attached hydrogens (tertiary/aromatic N) is 4. The zero-order valence-electron chi connectivity index (χ0n) is 12.7. The number of tetrazole rings is 1. The van der Waals surface area contributed by atoms with Crippen LogP contribution in [0.2, 0.25) is 0 Å². The van der Waals surface area contributed by atoms with Crippen molar-refractivity contribution >= 4 is 17.2 Å². The van der Waals surface area contributed by atoms with E-state index in [1.165, 1.54) is 11.3 Å². The SMILES string of the molecule is CC(C)OC1CCCN(C(=O)c2ccc(-c3nn[nH]n3)s2)C1. The monoisotopic (exact) mass is 321 g/mol. The van der Waals surface area contributed by atoms with Crippen molar-refractivity contribution in [3.05, 3.63) is 17.0 Å². The molecule has 7 nitrogen and oxygen atoms in total. The van der Waals surface area contributed by atoms with Crippen molar-refractivity contribution < 1.29 is 9.53 Å². The van der Waals surface area contributed by atoms with Crippen LogP contribution in [0.1, 0.15) is 36.4 Å². The Bertz CT molecular complexity index is 625. The van der Waals surface area contributed by atoms with Crippen molar-refractivity contribution in [1.29, 1.82) is 0 Å². The van der Waals surface area contributed by atoms with Gasteiger partial charge in [-0.15, -0.1) is 21.5 Å². The molecule has 0 aromatic carbocycles. The molecule has 1 aliphatic rings. The molecule has 1 atom stereocenters. The van der Waals surface area contributed by atoms with Gasteiger partial charge < -0.3 is 9.64 Å². The minimum Gasteiger partial charge on any atom is -0.374 e. The first-order chi connectivity index (χ1) is 10.6. The third kappa shape index (κ3) is 3.33. The quantitative estimate of drug-likeness (QED) is 0.930. The highest BCUT2D eigenvalue weighted by molar-refractivity contribution is 7.17. The smallest absolute Gasteiger partial charge is 0.264 e. The predicted octanol–water partition coefficient (Wildman–Crippen LogP) is 1.96. The zero-order chi connectivity index (χ0) is 15.5. The van der Waals surface area contributed by atoms with E-state index >= 15 is 0 Å². The molecule has 22 heavy (non-hydrogen) atoms. The maximum absolute atomic E-state index is 12.6. The van der Waals surface area contributed by atoms with Gasteiger partial charge in [0.2, 0.25) is 5.82 Å². The fraction of sp³-hybridized carbons (Fsp3) is 0.571. The summed E-state index contributed by atoms with van der Waals surface area (Å²) in [5.41, 5.74) is 0. The van der Waals surface area contributed by atoms with E-state index in [0.717, 1.165) is 24.3 Å². The Kier molecular flexibility index (Phi) is 4.49. The minimum absolute atomic E-state index is 0.0526. The van der Waals surface area contributed by atoms with Gasteiger partial charge in [-0.25, -0.2) is 0 Å². The lowest BCUT2D eigenvalue weighted by Crippen LogP contribution is -2.43. The molecule has 0 radical (unpaired) electrons. The second-order valence-corrected chi connectivity index (χ2v) is 6.68. The van der Waals surface area contributed by atoms with E-state index in [4.69, 9.17) is 4.74 Å². The molecule has 1 N–H and O–H groups in total. The molecular formula is C14H19N5O2S. The normalized spacial score (nSPS) is 18.9. The molecule has 1 unspecified atom stereocenters. The summed E-state index contributed by atoms with van der Waals surface area (Å²) >= 11 is 1.39. The Labute approximate surface area is 132 Å². The van der Waals surface area contributed by atoms with Crippen molar-refractivity contribution in [2.24, 2.45) is 0 Å². The average molecular weight is 321 g/mol. The number of aromatic nitrogens is 4. The van der Waals surface area contributed by atoms with Crippen LogP contribution in [0.25, 0.3) is 10.7 Å². The summed E-state index contributed by atoms with van der Waals surface area (Å²) in [6, 6.07) is 3.68. The fourth-order valence-corrected chi connectivity index (χ4v) is 3.52. The molecule has 0 saturated carbocycles. The minimum atomic E-state index is 0.0526. The summed E-state index contributed by atoms with van der Waals surface area (Å²) in [6.07, 6.45) is 2.31. The van der Waals surface area contributed by atoms with Gasteiger partial charge in [-0.2, -0.15) is 5.21 Å². The van der Waals surface area contributed by atoms with Crippen LogP contribution < -0.4 is 0 Å². The number of thiophene rings is 1. The van der Waals surface area contributed by atoms with Crippen LogP contribution in [0.4, 0.5) is 0 Å². The number of H-pyrrole nitrogens is 1. The number of rotatable bonds is 4. The molecular weight excluding hydrogens is 302 g/mol. The first-order valence-corrected chi connectivity index (χ1v) is 8.23. The highest BCUT2D eigenvalue weighted by Crippen LogP contribution is 2.26. The second-order valence-electron chi connectivity index (χ2n) is 5.60. The Morgan fingerprint density at radius 3 is 3.09 bits per heavy atom. The van der Waals surface area contributed by atoms with Gasteiger partial charge in [0.25, 0.3) is 5.91 Å². The van der Waals surface area contributed by atoms with E-state index < -0.39 is 0 Å². The highest BCUT2D eigenvalue weighted by atomic mass is 32.1. The standard InChI is InChI=1S/C14H19N5O2S/c1-9(2)21-10-4-3-7-19(8-10)14(20)12-6-5-11(22-12)13-15-17-18-16-13/h5-6,9-10H,3-4,7-8H2,1-2H3,(H,15,16,17,18). The highest BCUT2D eigenvalue weighted by Gasteiger charge is 2.26. The summed E-state index contributed by atoms with van der Waals surface area (Å²) in [7, 11) is 0. The topological polar surface area (TPSA) is 84.0 Å². The largest absolute Gasteiger partial charge is 0.374 e. The Morgan fingerprint density at radius 1 is 1.50 bits per heavy atom. The Balaban J connectivity index is 1.68. The molecule has 2 aromatic heterocycles. The van der Waals surface area contributed by atoms with Gasteiger partial charge in [-0.3, -0.25) is 4.79 Å². The number of ether oxygens (including phenoxy) is 1. The van der Waals surface area contributed by atoms with Crippen LogP contribution in [0.3, 0.4) is 0 Å². The van der Waals surface area contributed by atoms with Crippen LogP contribution in [0.5, 0.6) is 0 Å². The van der Waals surface area contributed by atoms with Crippen molar-refractivity contribution in [2.75, 3.05) is 13.1 Å². The number of carbonyl (C=O) groups excluding carboxylic acids is 1. The molecule has 1 amide bonds. The van der Waals surface area contributed by atoms with Crippen molar-refractivity contribution in [3.63, 3.8) is 0 Å². The summed E-state index contributed by atoms with van der Waals surface area (Å²) < 4.78 is 5.85.